The van der Waals surface area contributed by atoms with Crippen molar-refractivity contribution in [1.82, 2.24) is 9.97 Å². The molecule has 0 saturated heterocycles. The van der Waals surface area contributed by atoms with Gasteiger partial charge in [0.2, 0.25) is 0 Å². The molecule has 1 aliphatic carbocycles. The SMILES string of the molecule is CC1(C)c2ccccc2-c2cc(-c3ccc(-c4cc(-c5cc(-c6ccccc6)cc(-c6ccc7oc8ccccc8c7c6)c5)nc(-c5ccccc5)n4)cc3)ccc21. The highest BCUT2D eigenvalue weighted by Crippen LogP contribution is 2.49. The van der Waals surface area contributed by atoms with Crippen molar-refractivity contribution >= 4 is 21.9 Å². The molecule has 11 rings (SSSR count). The van der Waals surface area contributed by atoms with Crippen LogP contribution in [0.4, 0.5) is 0 Å². The summed E-state index contributed by atoms with van der Waals surface area (Å²) in [6, 6.07) is 69.1. The molecule has 10 aromatic rings. The van der Waals surface area contributed by atoms with Gasteiger partial charge in [0.15, 0.2) is 5.82 Å². The first-order valence-corrected chi connectivity index (χ1v) is 19.9. The number of rotatable bonds is 6. The van der Waals surface area contributed by atoms with Gasteiger partial charge in [-0.25, -0.2) is 9.97 Å². The van der Waals surface area contributed by atoms with Gasteiger partial charge in [-0.3, -0.25) is 0 Å². The molecule has 58 heavy (non-hydrogen) atoms. The van der Waals surface area contributed by atoms with Gasteiger partial charge in [-0.15, -0.1) is 0 Å². The van der Waals surface area contributed by atoms with Gasteiger partial charge in [0, 0.05) is 32.9 Å². The molecule has 0 bridgehead atoms. The molecule has 1 aliphatic rings. The summed E-state index contributed by atoms with van der Waals surface area (Å²) in [5.41, 5.74) is 18.8. The van der Waals surface area contributed by atoms with Crippen LogP contribution in [-0.2, 0) is 5.41 Å². The van der Waals surface area contributed by atoms with Crippen molar-refractivity contribution in [3.8, 4) is 78.4 Å². The maximum Gasteiger partial charge on any atom is 0.160 e. The van der Waals surface area contributed by atoms with Gasteiger partial charge in [0.25, 0.3) is 0 Å². The third kappa shape index (κ3) is 5.74. The maximum atomic E-state index is 6.19. The number of hydrogen-bond donors (Lipinski definition) is 0. The van der Waals surface area contributed by atoms with E-state index >= 15 is 0 Å². The number of nitrogens with zero attached hydrogens (tertiary/aromatic N) is 2. The molecular weight excluding hydrogens is 705 g/mol. The van der Waals surface area contributed by atoms with Crippen LogP contribution in [0.5, 0.6) is 0 Å². The second kappa shape index (κ2) is 13.4. The third-order valence-corrected chi connectivity index (χ3v) is 11.9. The Kier molecular flexibility index (Phi) is 7.84. The molecule has 0 amide bonds. The van der Waals surface area contributed by atoms with Crippen molar-refractivity contribution in [1.29, 1.82) is 0 Å². The normalized spacial score (nSPS) is 12.8. The Hall–Kier alpha value is -7.36. The summed E-state index contributed by atoms with van der Waals surface area (Å²) in [6.07, 6.45) is 0. The fourth-order valence-electron chi connectivity index (χ4n) is 8.84. The molecule has 0 unspecified atom stereocenters. The molecule has 0 atom stereocenters. The zero-order valence-corrected chi connectivity index (χ0v) is 32.3. The average Bonchev–Trinajstić information content (AvgIpc) is 3.77. The standard InChI is InChI=1S/C55H38N2O/c1-55(2)48-19-11-9-17-44(48)46-32-39(25-27-49(46)55)36-21-23-37(24-22-36)50-34-51(57-54(56-50)38-15-7-4-8-16-38)43-30-41(35-13-5-3-6-14-35)29-42(31-43)40-26-28-53-47(33-40)45-18-10-12-20-52(45)58-53/h3-34H,1-2H3. The predicted molar refractivity (Wildman–Crippen MR) is 239 cm³/mol. The Labute approximate surface area is 338 Å². The van der Waals surface area contributed by atoms with Gasteiger partial charge in [-0.1, -0.05) is 159 Å². The van der Waals surface area contributed by atoms with Crippen LogP contribution in [0.2, 0.25) is 0 Å². The number of para-hydroxylation sites is 1. The van der Waals surface area contributed by atoms with Crippen LogP contribution >= 0.6 is 0 Å². The number of aromatic nitrogens is 2. The van der Waals surface area contributed by atoms with Crippen LogP contribution in [0.25, 0.3) is 100 Å². The van der Waals surface area contributed by atoms with E-state index in [1.54, 1.807) is 0 Å². The molecule has 0 fully saturated rings. The molecule has 3 nitrogen and oxygen atoms in total. The first-order chi connectivity index (χ1) is 28.5. The quantitative estimate of drug-likeness (QED) is 0.170. The average molecular weight is 743 g/mol. The molecule has 274 valence electrons. The Morgan fingerprint density at radius 1 is 0.345 bits per heavy atom. The maximum absolute atomic E-state index is 6.19. The Morgan fingerprint density at radius 3 is 1.67 bits per heavy atom. The first kappa shape index (κ1) is 33.9. The fourth-order valence-corrected chi connectivity index (χ4v) is 8.84. The lowest BCUT2D eigenvalue weighted by Gasteiger charge is -2.21. The van der Waals surface area contributed by atoms with E-state index in [0.29, 0.717) is 5.82 Å². The van der Waals surface area contributed by atoms with Gasteiger partial charge in [-0.2, -0.15) is 0 Å². The van der Waals surface area contributed by atoms with E-state index in [4.69, 9.17) is 14.4 Å². The van der Waals surface area contributed by atoms with Gasteiger partial charge in [-0.05, 0) is 104 Å². The Bertz CT molecular complexity index is 3180. The monoisotopic (exact) mass is 742 g/mol. The second-order valence-electron chi connectivity index (χ2n) is 15.8. The van der Waals surface area contributed by atoms with Gasteiger partial charge in [0.1, 0.15) is 11.2 Å². The van der Waals surface area contributed by atoms with Gasteiger partial charge in [0.05, 0.1) is 11.4 Å². The Morgan fingerprint density at radius 2 is 0.879 bits per heavy atom. The summed E-state index contributed by atoms with van der Waals surface area (Å²) < 4.78 is 6.19. The van der Waals surface area contributed by atoms with Crippen molar-refractivity contribution in [3.63, 3.8) is 0 Å². The molecule has 0 N–H and O–H groups in total. The van der Waals surface area contributed by atoms with E-state index in [-0.39, 0.29) is 5.41 Å². The van der Waals surface area contributed by atoms with Crippen molar-refractivity contribution in [3.05, 3.63) is 205 Å². The number of hydrogen-bond acceptors (Lipinski definition) is 3. The van der Waals surface area contributed by atoms with E-state index in [2.05, 4.69) is 178 Å². The van der Waals surface area contributed by atoms with Crippen molar-refractivity contribution in [2.24, 2.45) is 0 Å². The lowest BCUT2D eigenvalue weighted by Crippen LogP contribution is -2.14. The minimum absolute atomic E-state index is 0.0147. The van der Waals surface area contributed by atoms with Gasteiger partial charge >= 0.3 is 0 Å². The number of furan rings is 1. The fraction of sp³-hybridized carbons (Fsp3) is 0.0545. The second-order valence-corrected chi connectivity index (χ2v) is 15.8. The molecule has 0 radical (unpaired) electrons. The van der Waals surface area contributed by atoms with E-state index in [1.165, 1.54) is 33.4 Å². The first-order valence-electron chi connectivity index (χ1n) is 19.9. The molecule has 8 aromatic carbocycles. The summed E-state index contributed by atoms with van der Waals surface area (Å²) in [5, 5.41) is 2.22. The smallest absolute Gasteiger partial charge is 0.160 e. The van der Waals surface area contributed by atoms with Gasteiger partial charge < -0.3 is 4.42 Å². The van der Waals surface area contributed by atoms with Crippen LogP contribution in [-0.4, -0.2) is 9.97 Å². The third-order valence-electron chi connectivity index (χ3n) is 11.9. The Balaban J connectivity index is 1.03. The lowest BCUT2D eigenvalue weighted by molar-refractivity contribution is 0.660. The van der Waals surface area contributed by atoms with Crippen LogP contribution in [0, 0.1) is 0 Å². The summed E-state index contributed by atoms with van der Waals surface area (Å²) in [7, 11) is 0. The summed E-state index contributed by atoms with van der Waals surface area (Å²) in [5.74, 6) is 0.690. The largest absolute Gasteiger partial charge is 0.456 e. The zero-order valence-electron chi connectivity index (χ0n) is 32.3. The number of fused-ring (bicyclic) bond motifs is 6. The van der Waals surface area contributed by atoms with Crippen molar-refractivity contribution in [2.75, 3.05) is 0 Å². The topological polar surface area (TPSA) is 38.9 Å². The summed E-state index contributed by atoms with van der Waals surface area (Å²) in [6.45, 7) is 4.65. The van der Waals surface area contributed by atoms with Crippen molar-refractivity contribution < 1.29 is 4.42 Å². The van der Waals surface area contributed by atoms with Crippen LogP contribution in [0.3, 0.4) is 0 Å². The van der Waals surface area contributed by atoms with E-state index in [9.17, 15) is 0 Å². The lowest BCUT2D eigenvalue weighted by atomic mass is 9.82. The molecular formula is C55H38N2O. The highest BCUT2D eigenvalue weighted by Gasteiger charge is 2.35. The highest BCUT2D eigenvalue weighted by atomic mass is 16.3. The molecule has 3 heteroatoms. The van der Waals surface area contributed by atoms with E-state index < -0.39 is 0 Å². The highest BCUT2D eigenvalue weighted by molar-refractivity contribution is 6.06. The van der Waals surface area contributed by atoms with E-state index in [0.717, 1.165) is 72.3 Å². The molecule has 2 heterocycles. The molecule has 2 aromatic heterocycles. The van der Waals surface area contributed by atoms with Crippen LogP contribution < -0.4 is 0 Å². The number of benzene rings is 8. The molecule has 0 spiro atoms. The minimum atomic E-state index is -0.0147. The summed E-state index contributed by atoms with van der Waals surface area (Å²) in [4.78, 5) is 10.4. The van der Waals surface area contributed by atoms with Crippen LogP contribution in [0.1, 0.15) is 25.0 Å². The minimum Gasteiger partial charge on any atom is -0.456 e. The molecule has 0 aliphatic heterocycles. The summed E-state index contributed by atoms with van der Waals surface area (Å²) >= 11 is 0. The van der Waals surface area contributed by atoms with E-state index in [1.807, 2.05) is 30.3 Å². The van der Waals surface area contributed by atoms with Crippen LogP contribution in [0.15, 0.2) is 199 Å². The predicted octanol–water partition coefficient (Wildman–Crippen LogP) is 14.7. The molecule has 0 saturated carbocycles. The zero-order chi connectivity index (χ0) is 38.8. The van der Waals surface area contributed by atoms with Crippen molar-refractivity contribution in [2.45, 2.75) is 19.3 Å².